The lowest BCUT2D eigenvalue weighted by atomic mass is 10.1. The molecule has 2 unspecified atom stereocenters. The number of hydrogen-bond donors (Lipinski definition) is 0. The Morgan fingerprint density at radius 1 is 0.380 bits per heavy atom. The van der Waals surface area contributed by atoms with E-state index >= 15 is 0 Å². The average molecular weight is 1090 g/mol. The number of carboxylic acid groups (broad SMARTS) is 1. The Hall–Kier alpha value is -5.61. The fraction of sp³-hybridized carbons (Fsp3) is 0.529. The molecule has 0 heterocycles. The van der Waals surface area contributed by atoms with Crippen LogP contribution in [0.5, 0.6) is 0 Å². The summed E-state index contributed by atoms with van der Waals surface area (Å²) < 4.78 is 22.6. The summed E-state index contributed by atoms with van der Waals surface area (Å²) in [5, 5.41) is 11.8. The molecule has 0 N–H and O–H groups in total. The van der Waals surface area contributed by atoms with Gasteiger partial charge in [-0.2, -0.15) is 0 Å². The van der Waals surface area contributed by atoms with E-state index in [0.717, 1.165) is 141 Å². The number of allylic oxidation sites excluding steroid dienone is 30. The molecule has 0 bridgehead atoms. The second-order valence-corrected chi connectivity index (χ2v) is 20.2. The number of carboxylic acids is 1. The summed E-state index contributed by atoms with van der Waals surface area (Å²) in [5.74, 6) is -2.39. The molecule has 0 radical (unpaired) electrons. The lowest BCUT2D eigenvalue weighted by Crippen LogP contribution is -2.44. The molecular formula is C70H107NO8. The predicted molar refractivity (Wildman–Crippen MR) is 333 cm³/mol. The fourth-order valence-electron chi connectivity index (χ4n) is 7.12. The van der Waals surface area contributed by atoms with Crippen molar-refractivity contribution in [2.75, 3.05) is 47.5 Å². The molecule has 9 heteroatoms. The zero-order chi connectivity index (χ0) is 57.6. The number of hydrogen-bond acceptors (Lipinski definition) is 8. The van der Waals surface area contributed by atoms with Crippen LogP contribution in [0.1, 0.15) is 181 Å². The molecule has 0 aliphatic carbocycles. The summed E-state index contributed by atoms with van der Waals surface area (Å²) in [4.78, 5) is 37.2. The molecule has 0 aromatic heterocycles. The van der Waals surface area contributed by atoms with E-state index in [1.165, 1.54) is 0 Å². The second-order valence-electron chi connectivity index (χ2n) is 20.2. The van der Waals surface area contributed by atoms with Crippen molar-refractivity contribution in [3.05, 3.63) is 182 Å². The molecule has 0 rings (SSSR count). The SMILES string of the molecule is CC/C=C\C/C=C\C/C=C\C/C=C\C/C=C\C/C=C\C/C=C\C/C=C\C/C=C\C/C=C\C/C=C\C/C=C\CCCCCCC(=O)OC(COC(=O)CCCCC/C=C\C/C=C\C/C=C\CC)COC(OCC[N+](C)(C)C)C(=O)[O-]. The average Bonchev–Trinajstić information content (AvgIpc) is 3.42. The number of unbranched alkanes of at least 4 members (excludes halogenated alkanes) is 7. The molecule has 0 spiro atoms. The van der Waals surface area contributed by atoms with Crippen LogP contribution in [0.4, 0.5) is 0 Å². The summed E-state index contributed by atoms with van der Waals surface area (Å²) >= 11 is 0. The molecule has 2 atom stereocenters. The number of aliphatic carboxylic acids is 1. The van der Waals surface area contributed by atoms with Crippen LogP contribution in [-0.2, 0) is 33.3 Å². The molecule has 0 amide bonds. The molecule has 0 aromatic carbocycles. The van der Waals surface area contributed by atoms with Crippen molar-refractivity contribution in [3.8, 4) is 0 Å². The van der Waals surface area contributed by atoms with E-state index in [-0.39, 0.29) is 32.7 Å². The van der Waals surface area contributed by atoms with Gasteiger partial charge in [0, 0.05) is 12.8 Å². The summed E-state index contributed by atoms with van der Waals surface area (Å²) in [6.07, 6.45) is 86.8. The van der Waals surface area contributed by atoms with Crippen LogP contribution in [0, 0.1) is 0 Å². The van der Waals surface area contributed by atoms with Crippen molar-refractivity contribution < 1.29 is 42.9 Å². The summed E-state index contributed by atoms with van der Waals surface area (Å²) in [5.41, 5.74) is 0. The Labute approximate surface area is 481 Å². The standard InChI is InChI=1S/C70H107NO8/c1-6-8-10-12-14-16-18-20-21-22-23-24-25-26-27-28-29-30-31-32-33-34-35-36-37-38-39-40-41-42-43-44-45-46-47-49-51-53-55-57-59-61-68(73)79-66(65-78-70(69(74)75)76-63-62-71(3,4)5)64-77-67(72)60-58-56-54-52-50-48-19-17-15-13-11-9-7-2/h8-11,14-17,20-21,23-24,26-27,29-30,32-33,35-36,38-39,41-42,44-45,47-50,66,70H,6-7,12-13,18-19,22,25,28,31,34,37,40,43,46,51-65H2,1-5H3/b10-8-,11-9-,16-14-,17-15-,21-20-,24-23-,27-26-,30-29-,33-32-,36-35-,39-38-,42-41-,45-44-,49-47-,50-48-. The number of quaternary nitrogens is 1. The normalized spacial score (nSPS) is 14.1. The highest BCUT2D eigenvalue weighted by molar-refractivity contribution is 5.70. The van der Waals surface area contributed by atoms with Crippen LogP contribution in [0.25, 0.3) is 0 Å². The number of rotatable bonds is 52. The first kappa shape index (κ1) is 73.4. The number of carbonyl (C=O) groups is 3. The van der Waals surface area contributed by atoms with Crippen molar-refractivity contribution >= 4 is 17.9 Å². The minimum Gasteiger partial charge on any atom is -0.545 e. The lowest BCUT2D eigenvalue weighted by molar-refractivity contribution is -0.870. The monoisotopic (exact) mass is 1090 g/mol. The number of nitrogens with zero attached hydrogens (tertiary/aromatic N) is 1. The maximum Gasteiger partial charge on any atom is 0.306 e. The molecule has 0 saturated heterocycles. The number of likely N-dealkylation sites (N-methyl/N-ethyl adjacent to an activating group) is 1. The van der Waals surface area contributed by atoms with Crippen molar-refractivity contribution in [1.82, 2.24) is 0 Å². The first-order chi connectivity index (χ1) is 38.6. The molecule has 0 fully saturated rings. The minimum atomic E-state index is -1.65. The van der Waals surface area contributed by atoms with Gasteiger partial charge in [0.1, 0.15) is 13.2 Å². The van der Waals surface area contributed by atoms with E-state index < -0.39 is 30.3 Å². The third kappa shape index (κ3) is 59.9. The van der Waals surface area contributed by atoms with Crippen LogP contribution in [0.3, 0.4) is 0 Å². The van der Waals surface area contributed by atoms with Gasteiger partial charge < -0.3 is 33.3 Å². The Bertz CT molecular complexity index is 1940. The van der Waals surface area contributed by atoms with E-state index in [1.807, 2.05) is 21.1 Å². The molecule has 79 heavy (non-hydrogen) atoms. The zero-order valence-electron chi connectivity index (χ0n) is 49.9. The molecule has 9 nitrogen and oxygen atoms in total. The highest BCUT2D eigenvalue weighted by Crippen LogP contribution is 2.11. The van der Waals surface area contributed by atoms with Gasteiger partial charge in [0.2, 0.25) is 0 Å². The Morgan fingerprint density at radius 3 is 1.01 bits per heavy atom. The minimum absolute atomic E-state index is 0.127. The van der Waals surface area contributed by atoms with Gasteiger partial charge in [-0.15, -0.1) is 0 Å². The predicted octanol–water partition coefficient (Wildman–Crippen LogP) is 16.8. The Balaban J connectivity index is 4.26. The summed E-state index contributed by atoms with van der Waals surface area (Å²) in [6, 6.07) is 0. The second kappa shape index (κ2) is 58.5. The van der Waals surface area contributed by atoms with Gasteiger partial charge in [-0.3, -0.25) is 9.59 Å². The molecule has 0 aromatic rings. The van der Waals surface area contributed by atoms with Crippen LogP contribution >= 0.6 is 0 Å². The third-order valence-electron chi connectivity index (χ3n) is 11.6. The van der Waals surface area contributed by atoms with Crippen LogP contribution in [-0.4, -0.2) is 82.3 Å². The van der Waals surface area contributed by atoms with Gasteiger partial charge >= 0.3 is 11.9 Å². The van der Waals surface area contributed by atoms with Crippen molar-refractivity contribution in [2.24, 2.45) is 0 Å². The Morgan fingerprint density at radius 2 is 0.684 bits per heavy atom. The van der Waals surface area contributed by atoms with Crippen molar-refractivity contribution in [1.29, 1.82) is 0 Å². The van der Waals surface area contributed by atoms with Gasteiger partial charge in [-0.25, -0.2) is 0 Å². The van der Waals surface area contributed by atoms with E-state index in [4.69, 9.17) is 18.9 Å². The first-order valence-corrected chi connectivity index (χ1v) is 29.9. The van der Waals surface area contributed by atoms with E-state index in [0.29, 0.717) is 23.9 Å². The third-order valence-corrected chi connectivity index (χ3v) is 11.6. The highest BCUT2D eigenvalue weighted by Gasteiger charge is 2.22. The lowest BCUT2D eigenvalue weighted by Gasteiger charge is -2.26. The molecule has 0 saturated carbocycles. The van der Waals surface area contributed by atoms with Gasteiger partial charge in [-0.1, -0.05) is 215 Å². The quantitative estimate of drug-likeness (QED) is 0.0195. The molecule has 0 aliphatic heterocycles. The van der Waals surface area contributed by atoms with Gasteiger partial charge in [0.25, 0.3) is 0 Å². The van der Waals surface area contributed by atoms with Gasteiger partial charge in [0.15, 0.2) is 12.4 Å². The largest absolute Gasteiger partial charge is 0.545 e. The topological polar surface area (TPSA) is 111 Å². The molecule has 440 valence electrons. The maximum absolute atomic E-state index is 12.8. The zero-order valence-corrected chi connectivity index (χ0v) is 49.9. The maximum atomic E-state index is 12.8. The van der Waals surface area contributed by atoms with E-state index in [1.54, 1.807) is 0 Å². The number of esters is 2. The van der Waals surface area contributed by atoms with Gasteiger partial charge in [-0.05, 0) is 135 Å². The molecular weight excluding hydrogens is 983 g/mol. The summed E-state index contributed by atoms with van der Waals surface area (Å²) in [7, 11) is 5.88. The van der Waals surface area contributed by atoms with E-state index in [9.17, 15) is 19.5 Å². The summed E-state index contributed by atoms with van der Waals surface area (Å²) in [6.45, 7) is 4.40. The van der Waals surface area contributed by atoms with Crippen LogP contribution in [0.15, 0.2) is 182 Å². The Kier molecular flexibility index (Phi) is 54.4. The highest BCUT2D eigenvalue weighted by atomic mass is 16.7. The van der Waals surface area contributed by atoms with Crippen molar-refractivity contribution in [2.45, 2.75) is 193 Å². The fourth-order valence-corrected chi connectivity index (χ4v) is 7.12. The van der Waals surface area contributed by atoms with Crippen LogP contribution in [0.2, 0.25) is 0 Å². The van der Waals surface area contributed by atoms with Crippen molar-refractivity contribution in [3.63, 3.8) is 0 Å². The van der Waals surface area contributed by atoms with Crippen LogP contribution < -0.4 is 5.11 Å². The first-order valence-electron chi connectivity index (χ1n) is 29.9. The number of carbonyl (C=O) groups excluding carboxylic acids is 3. The smallest absolute Gasteiger partial charge is 0.306 e. The molecule has 0 aliphatic rings. The number of ether oxygens (including phenoxy) is 4. The van der Waals surface area contributed by atoms with Gasteiger partial charge in [0.05, 0.1) is 40.3 Å². The van der Waals surface area contributed by atoms with E-state index in [2.05, 4.69) is 196 Å².